The van der Waals surface area contributed by atoms with Gasteiger partial charge in [-0.25, -0.2) is 0 Å². The predicted molar refractivity (Wildman–Crippen MR) is 77.3 cm³/mol. The van der Waals surface area contributed by atoms with Crippen LogP contribution in [0.25, 0.3) is 0 Å². The van der Waals surface area contributed by atoms with E-state index >= 15 is 0 Å². The molecular weight excluding hydrogens is 244 g/mol. The van der Waals surface area contributed by atoms with Gasteiger partial charge in [0.15, 0.2) is 0 Å². The fourth-order valence-corrected chi connectivity index (χ4v) is 1.76. The van der Waals surface area contributed by atoms with Crippen LogP contribution in [0.5, 0.6) is 0 Å². The van der Waals surface area contributed by atoms with Crippen molar-refractivity contribution in [3.63, 3.8) is 0 Å². The standard InChI is InChI=1S/C14H30N2O3/c1-5-9-15-13(14(17)19-8-4)12-16(6-2)10-11-18-7-3/h13,15H,5-12H2,1-4H3. The average molecular weight is 274 g/mol. The summed E-state index contributed by atoms with van der Waals surface area (Å²) in [6.07, 6.45) is 1.00. The number of esters is 1. The lowest BCUT2D eigenvalue weighted by atomic mass is 10.2. The van der Waals surface area contributed by atoms with Crippen molar-refractivity contribution < 1.29 is 14.3 Å². The van der Waals surface area contributed by atoms with Gasteiger partial charge in [0, 0.05) is 19.7 Å². The summed E-state index contributed by atoms with van der Waals surface area (Å²) in [6.45, 7) is 13.1. The maximum absolute atomic E-state index is 11.9. The smallest absolute Gasteiger partial charge is 0.324 e. The summed E-state index contributed by atoms with van der Waals surface area (Å²) in [5.74, 6) is -0.161. The van der Waals surface area contributed by atoms with Gasteiger partial charge in [0.25, 0.3) is 0 Å². The summed E-state index contributed by atoms with van der Waals surface area (Å²) >= 11 is 0. The first-order valence-corrected chi connectivity index (χ1v) is 7.39. The summed E-state index contributed by atoms with van der Waals surface area (Å²) in [6, 6.07) is -0.249. The summed E-state index contributed by atoms with van der Waals surface area (Å²) in [4.78, 5) is 14.1. The van der Waals surface area contributed by atoms with Gasteiger partial charge in [-0.1, -0.05) is 13.8 Å². The average Bonchev–Trinajstić information content (AvgIpc) is 2.41. The van der Waals surface area contributed by atoms with Gasteiger partial charge in [0.2, 0.25) is 0 Å². The van der Waals surface area contributed by atoms with Gasteiger partial charge in [-0.3, -0.25) is 9.69 Å². The van der Waals surface area contributed by atoms with Crippen molar-refractivity contribution in [3.8, 4) is 0 Å². The Bertz CT molecular complexity index is 225. The lowest BCUT2D eigenvalue weighted by Gasteiger charge is -2.25. The van der Waals surface area contributed by atoms with Crippen LogP contribution in [0, 0.1) is 0 Å². The van der Waals surface area contributed by atoms with E-state index < -0.39 is 0 Å². The van der Waals surface area contributed by atoms with Gasteiger partial charge in [-0.15, -0.1) is 0 Å². The van der Waals surface area contributed by atoms with Crippen LogP contribution in [-0.2, 0) is 14.3 Å². The Hall–Kier alpha value is -0.650. The van der Waals surface area contributed by atoms with Crippen LogP contribution in [0.3, 0.4) is 0 Å². The molecule has 0 radical (unpaired) electrons. The second kappa shape index (κ2) is 12.4. The van der Waals surface area contributed by atoms with Gasteiger partial charge in [-0.05, 0) is 33.4 Å². The van der Waals surface area contributed by atoms with Crippen LogP contribution in [-0.4, -0.2) is 62.9 Å². The van der Waals surface area contributed by atoms with Gasteiger partial charge in [0.05, 0.1) is 13.2 Å². The van der Waals surface area contributed by atoms with Crippen LogP contribution >= 0.6 is 0 Å². The highest BCUT2D eigenvalue weighted by Crippen LogP contribution is 1.97. The molecule has 0 bridgehead atoms. The first-order chi connectivity index (χ1) is 9.19. The number of likely N-dealkylation sites (N-methyl/N-ethyl adjacent to an activating group) is 1. The van der Waals surface area contributed by atoms with E-state index in [-0.39, 0.29) is 12.0 Å². The van der Waals surface area contributed by atoms with Crippen molar-refractivity contribution >= 4 is 5.97 Å². The Morgan fingerprint density at radius 1 is 1.21 bits per heavy atom. The third-order valence-corrected chi connectivity index (χ3v) is 2.86. The zero-order valence-corrected chi connectivity index (χ0v) is 12.9. The van der Waals surface area contributed by atoms with Crippen molar-refractivity contribution in [2.24, 2.45) is 0 Å². The first-order valence-electron chi connectivity index (χ1n) is 7.39. The first kappa shape index (κ1) is 18.4. The van der Waals surface area contributed by atoms with Crippen molar-refractivity contribution in [1.82, 2.24) is 10.2 Å². The van der Waals surface area contributed by atoms with Crippen LogP contribution in [0.4, 0.5) is 0 Å². The summed E-state index contributed by atoms with van der Waals surface area (Å²) < 4.78 is 10.5. The van der Waals surface area contributed by atoms with E-state index in [0.717, 1.165) is 32.7 Å². The largest absolute Gasteiger partial charge is 0.465 e. The molecule has 0 saturated heterocycles. The molecule has 0 aromatic rings. The minimum Gasteiger partial charge on any atom is -0.465 e. The molecule has 0 aliphatic carbocycles. The highest BCUT2D eigenvalue weighted by molar-refractivity contribution is 5.76. The van der Waals surface area contributed by atoms with Crippen molar-refractivity contribution in [2.45, 2.75) is 40.2 Å². The molecule has 5 nitrogen and oxygen atoms in total. The zero-order chi connectivity index (χ0) is 14.5. The minimum atomic E-state index is -0.249. The van der Waals surface area contributed by atoms with E-state index in [1.54, 1.807) is 0 Å². The number of nitrogens with one attached hydrogen (secondary N) is 1. The lowest BCUT2D eigenvalue weighted by molar-refractivity contribution is -0.146. The lowest BCUT2D eigenvalue weighted by Crippen LogP contribution is -2.48. The number of hydrogen-bond donors (Lipinski definition) is 1. The molecule has 0 spiro atoms. The molecule has 1 unspecified atom stereocenters. The number of hydrogen-bond acceptors (Lipinski definition) is 5. The predicted octanol–water partition coefficient (Wildman–Crippen LogP) is 1.28. The highest BCUT2D eigenvalue weighted by Gasteiger charge is 2.21. The maximum atomic E-state index is 11.9. The molecule has 0 heterocycles. The van der Waals surface area contributed by atoms with E-state index in [1.165, 1.54) is 0 Å². The molecule has 1 atom stereocenters. The molecule has 0 fully saturated rings. The van der Waals surface area contributed by atoms with E-state index in [0.29, 0.717) is 19.8 Å². The third-order valence-electron chi connectivity index (χ3n) is 2.86. The van der Waals surface area contributed by atoms with Crippen LogP contribution in [0.1, 0.15) is 34.1 Å². The molecule has 19 heavy (non-hydrogen) atoms. The molecule has 0 aliphatic rings. The SMILES string of the molecule is CCCNC(CN(CC)CCOCC)C(=O)OCC. The number of rotatable bonds is 12. The van der Waals surface area contributed by atoms with Gasteiger partial charge >= 0.3 is 5.97 Å². The summed E-state index contributed by atoms with van der Waals surface area (Å²) in [5, 5.41) is 3.25. The monoisotopic (exact) mass is 274 g/mol. The number of carbonyl (C=O) groups excluding carboxylic acids is 1. The quantitative estimate of drug-likeness (QED) is 0.429. The second-order valence-electron chi connectivity index (χ2n) is 4.35. The van der Waals surface area contributed by atoms with Crippen LogP contribution in [0.2, 0.25) is 0 Å². The van der Waals surface area contributed by atoms with E-state index in [4.69, 9.17) is 9.47 Å². The molecule has 114 valence electrons. The van der Waals surface area contributed by atoms with Crippen molar-refractivity contribution in [2.75, 3.05) is 46.0 Å². The number of ether oxygens (including phenoxy) is 2. The summed E-state index contributed by atoms with van der Waals surface area (Å²) in [7, 11) is 0. The van der Waals surface area contributed by atoms with E-state index in [2.05, 4.69) is 24.1 Å². The Kier molecular flexibility index (Phi) is 12.0. The fourth-order valence-electron chi connectivity index (χ4n) is 1.76. The zero-order valence-electron chi connectivity index (χ0n) is 12.9. The second-order valence-corrected chi connectivity index (χ2v) is 4.35. The van der Waals surface area contributed by atoms with Crippen LogP contribution < -0.4 is 5.32 Å². The Labute approximate surface area is 117 Å². The molecule has 0 aliphatic heterocycles. The Morgan fingerprint density at radius 3 is 2.47 bits per heavy atom. The number of carbonyl (C=O) groups is 1. The van der Waals surface area contributed by atoms with Gasteiger partial charge in [-0.2, -0.15) is 0 Å². The van der Waals surface area contributed by atoms with Crippen LogP contribution in [0.15, 0.2) is 0 Å². The van der Waals surface area contributed by atoms with E-state index in [1.807, 2.05) is 13.8 Å². The third kappa shape index (κ3) is 8.97. The normalized spacial score (nSPS) is 12.7. The molecular formula is C14H30N2O3. The molecule has 0 amide bonds. The number of nitrogens with zero attached hydrogens (tertiary/aromatic N) is 1. The van der Waals surface area contributed by atoms with E-state index in [9.17, 15) is 4.79 Å². The minimum absolute atomic E-state index is 0.161. The molecule has 1 N–H and O–H groups in total. The maximum Gasteiger partial charge on any atom is 0.324 e. The molecule has 0 saturated carbocycles. The Morgan fingerprint density at radius 2 is 1.95 bits per heavy atom. The van der Waals surface area contributed by atoms with Gasteiger partial charge in [0.1, 0.15) is 6.04 Å². The molecule has 0 aromatic heterocycles. The Balaban J connectivity index is 4.27. The summed E-state index contributed by atoms with van der Waals surface area (Å²) in [5.41, 5.74) is 0. The highest BCUT2D eigenvalue weighted by atomic mass is 16.5. The molecule has 0 rings (SSSR count). The van der Waals surface area contributed by atoms with Gasteiger partial charge < -0.3 is 14.8 Å². The van der Waals surface area contributed by atoms with Crippen molar-refractivity contribution in [1.29, 1.82) is 0 Å². The topological polar surface area (TPSA) is 50.8 Å². The van der Waals surface area contributed by atoms with Crippen molar-refractivity contribution in [3.05, 3.63) is 0 Å². The molecule has 5 heteroatoms. The molecule has 0 aromatic carbocycles. The fraction of sp³-hybridized carbons (Fsp3) is 0.929.